The van der Waals surface area contributed by atoms with Gasteiger partial charge in [-0.05, 0) is 24.3 Å². The molecule has 1 saturated heterocycles. The van der Waals surface area contributed by atoms with Crippen LogP contribution < -0.4 is 10.1 Å². The molecule has 3 nitrogen and oxygen atoms in total. The predicted molar refractivity (Wildman–Crippen MR) is 93.2 cm³/mol. The molecular formula is C20H18FNO2. The van der Waals surface area contributed by atoms with Crippen LogP contribution in [0.5, 0.6) is 5.75 Å². The molecule has 0 aliphatic carbocycles. The van der Waals surface area contributed by atoms with Gasteiger partial charge in [0, 0.05) is 35.4 Å². The van der Waals surface area contributed by atoms with Crippen LogP contribution in [0.1, 0.15) is 11.1 Å². The van der Waals surface area contributed by atoms with E-state index in [2.05, 4.69) is 5.32 Å². The Morgan fingerprint density at radius 3 is 2.21 bits per heavy atom. The lowest BCUT2D eigenvalue weighted by Gasteiger charge is -2.18. The van der Waals surface area contributed by atoms with Gasteiger partial charge in [0.15, 0.2) is 5.78 Å². The Hall–Kier alpha value is -2.72. The third-order valence-corrected chi connectivity index (χ3v) is 3.92. The van der Waals surface area contributed by atoms with Crippen molar-refractivity contribution in [1.29, 1.82) is 0 Å². The average Bonchev–Trinajstić information content (AvgIpc) is 2.61. The summed E-state index contributed by atoms with van der Waals surface area (Å²) in [6.07, 6.45) is 3.43. The molecule has 24 heavy (non-hydrogen) atoms. The maximum atomic E-state index is 13.8. The van der Waals surface area contributed by atoms with E-state index in [9.17, 15) is 9.18 Å². The second kappa shape index (κ2) is 7.23. The van der Waals surface area contributed by atoms with Crippen molar-refractivity contribution < 1.29 is 13.9 Å². The average molecular weight is 323 g/mol. The number of carbonyl (C=O) groups excluding carboxylic acids is 1. The van der Waals surface area contributed by atoms with Crippen LogP contribution in [-0.2, 0) is 4.79 Å². The molecule has 0 spiro atoms. The standard InChI is InChI=1S/C20H18FNO2/c1-24-19-9-5-3-7-15(19)11-17-13-22-12-16(20(17)23)10-14-6-2-4-8-18(14)21/h2-11,22H,12-13H2,1H3. The highest BCUT2D eigenvalue weighted by molar-refractivity contribution is 6.14. The number of hydrogen-bond donors (Lipinski definition) is 1. The lowest BCUT2D eigenvalue weighted by molar-refractivity contribution is -0.112. The van der Waals surface area contributed by atoms with E-state index in [1.807, 2.05) is 30.3 Å². The van der Waals surface area contributed by atoms with Gasteiger partial charge in [-0.3, -0.25) is 4.79 Å². The fraction of sp³-hybridized carbons (Fsp3) is 0.150. The summed E-state index contributed by atoms with van der Waals surface area (Å²) in [6, 6.07) is 14.0. The number of piperidine rings is 1. The number of halogens is 1. The molecule has 4 heteroatoms. The normalized spacial score (nSPS) is 18.2. The van der Waals surface area contributed by atoms with Gasteiger partial charge in [0.05, 0.1) is 7.11 Å². The first-order valence-electron chi connectivity index (χ1n) is 7.73. The molecule has 0 bridgehead atoms. The maximum Gasteiger partial charge on any atom is 0.187 e. The minimum absolute atomic E-state index is 0.0668. The third kappa shape index (κ3) is 3.44. The van der Waals surface area contributed by atoms with Gasteiger partial charge in [0.25, 0.3) is 0 Å². The Kier molecular flexibility index (Phi) is 4.87. The molecule has 1 fully saturated rings. The van der Waals surface area contributed by atoms with Gasteiger partial charge in [-0.25, -0.2) is 4.39 Å². The van der Waals surface area contributed by atoms with E-state index in [4.69, 9.17) is 4.74 Å². The summed E-state index contributed by atoms with van der Waals surface area (Å²) < 4.78 is 19.1. The fourth-order valence-electron chi connectivity index (χ4n) is 2.69. The van der Waals surface area contributed by atoms with Crippen molar-refractivity contribution in [1.82, 2.24) is 5.32 Å². The Bertz CT molecular complexity index is 824. The number of rotatable bonds is 3. The molecule has 1 heterocycles. The molecule has 2 aromatic carbocycles. The summed E-state index contributed by atoms with van der Waals surface area (Å²) in [5, 5.41) is 3.19. The molecule has 1 aliphatic heterocycles. The molecule has 0 saturated carbocycles. The fourth-order valence-corrected chi connectivity index (χ4v) is 2.69. The second-order valence-corrected chi connectivity index (χ2v) is 5.54. The van der Waals surface area contributed by atoms with E-state index in [0.29, 0.717) is 35.5 Å². The maximum absolute atomic E-state index is 13.8. The second-order valence-electron chi connectivity index (χ2n) is 5.54. The highest BCUT2D eigenvalue weighted by Crippen LogP contribution is 2.23. The predicted octanol–water partition coefficient (Wildman–Crippen LogP) is 3.47. The Morgan fingerprint density at radius 2 is 1.54 bits per heavy atom. The van der Waals surface area contributed by atoms with Crippen molar-refractivity contribution in [2.75, 3.05) is 20.2 Å². The number of carbonyl (C=O) groups is 1. The molecule has 2 aromatic rings. The summed E-state index contributed by atoms with van der Waals surface area (Å²) in [5.74, 6) is 0.310. The highest BCUT2D eigenvalue weighted by atomic mass is 19.1. The van der Waals surface area contributed by atoms with Crippen LogP contribution >= 0.6 is 0 Å². The monoisotopic (exact) mass is 323 g/mol. The zero-order valence-electron chi connectivity index (χ0n) is 13.4. The number of ketones is 1. The zero-order valence-corrected chi connectivity index (χ0v) is 13.4. The highest BCUT2D eigenvalue weighted by Gasteiger charge is 2.21. The van der Waals surface area contributed by atoms with Crippen molar-refractivity contribution >= 4 is 17.9 Å². The van der Waals surface area contributed by atoms with Gasteiger partial charge in [0.1, 0.15) is 11.6 Å². The molecule has 0 atom stereocenters. The van der Waals surface area contributed by atoms with E-state index in [-0.39, 0.29) is 11.6 Å². The lowest BCUT2D eigenvalue weighted by Crippen LogP contribution is -2.32. The van der Waals surface area contributed by atoms with E-state index < -0.39 is 0 Å². The quantitative estimate of drug-likeness (QED) is 0.879. The van der Waals surface area contributed by atoms with Gasteiger partial charge in [-0.2, -0.15) is 0 Å². The van der Waals surface area contributed by atoms with Crippen molar-refractivity contribution in [2.24, 2.45) is 0 Å². The van der Waals surface area contributed by atoms with Crippen molar-refractivity contribution in [3.8, 4) is 5.75 Å². The molecule has 0 unspecified atom stereocenters. The first-order chi connectivity index (χ1) is 11.7. The molecule has 1 N–H and O–H groups in total. The lowest BCUT2D eigenvalue weighted by atomic mass is 9.95. The van der Waals surface area contributed by atoms with E-state index in [1.165, 1.54) is 6.07 Å². The number of nitrogens with one attached hydrogen (secondary N) is 1. The molecule has 1 aliphatic rings. The van der Waals surface area contributed by atoms with Gasteiger partial charge in [-0.1, -0.05) is 36.4 Å². The smallest absolute Gasteiger partial charge is 0.187 e. The first-order valence-corrected chi connectivity index (χ1v) is 7.73. The third-order valence-electron chi connectivity index (χ3n) is 3.92. The number of para-hydroxylation sites is 1. The Balaban J connectivity index is 1.93. The van der Waals surface area contributed by atoms with Crippen molar-refractivity contribution in [2.45, 2.75) is 0 Å². The number of hydrogen-bond acceptors (Lipinski definition) is 3. The van der Waals surface area contributed by atoms with Gasteiger partial charge in [-0.15, -0.1) is 0 Å². The van der Waals surface area contributed by atoms with Gasteiger partial charge < -0.3 is 10.1 Å². The largest absolute Gasteiger partial charge is 0.496 e. The van der Waals surface area contributed by atoms with Gasteiger partial charge in [0.2, 0.25) is 0 Å². The topological polar surface area (TPSA) is 38.3 Å². The summed E-state index contributed by atoms with van der Waals surface area (Å²) in [6.45, 7) is 0.905. The number of Topliss-reactive ketones (excluding diaryl/α,β-unsaturated/α-hetero) is 1. The molecule has 3 rings (SSSR count). The van der Waals surface area contributed by atoms with Crippen LogP contribution in [0.25, 0.3) is 12.2 Å². The van der Waals surface area contributed by atoms with Crippen LogP contribution in [0, 0.1) is 5.82 Å². The van der Waals surface area contributed by atoms with E-state index in [0.717, 1.165) is 5.56 Å². The molecule has 0 radical (unpaired) electrons. The SMILES string of the molecule is COc1ccccc1C=C1CNCC(=Cc2ccccc2F)C1=O. The van der Waals surface area contributed by atoms with Crippen LogP contribution in [0.3, 0.4) is 0 Å². The van der Waals surface area contributed by atoms with Crippen molar-refractivity contribution in [3.05, 3.63) is 76.6 Å². The minimum Gasteiger partial charge on any atom is -0.496 e. The van der Waals surface area contributed by atoms with Crippen molar-refractivity contribution in [3.63, 3.8) is 0 Å². The summed E-state index contributed by atoms with van der Waals surface area (Å²) in [4.78, 5) is 12.7. The van der Waals surface area contributed by atoms with Crippen LogP contribution in [-0.4, -0.2) is 26.0 Å². The molecule has 122 valence electrons. The number of ether oxygens (including phenoxy) is 1. The van der Waals surface area contributed by atoms with E-state index in [1.54, 1.807) is 31.4 Å². The molecule has 0 aromatic heterocycles. The Morgan fingerprint density at radius 1 is 0.958 bits per heavy atom. The van der Waals surface area contributed by atoms with Crippen LogP contribution in [0.2, 0.25) is 0 Å². The zero-order chi connectivity index (χ0) is 16.9. The Labute approximate surface area is 140 Å². The molecule has 0 amide bonds. The number of methoxy groups -OCH3 is 1. The van der Waals surface area contributed by atoms with Gasteiger partial charge >= 0.3 is 0 Å². The summed E-state index contributed by atoms with van der Waals surface area (Å²) in [7, 11) is 1.60. The minimum atomic E-state index is -0.335. The van der Waals surface area contributed by atoms with Crippen LogP contribution in [0.4, 0.5) is 4.39 Å². The van der Waals surface area contributed by atoms with E-state index >= 15 is 0 Å². The summed E-state index contributed by atoms with van der Waals surface area (Å²) >= 11 is 0. The number of benzene rings is 2. The molecular weight excluding hydrogens is 305 g/mol. The summed E-state index contributed by atoms with van der Waals surface area (Å²) in [5.41, 5.74) is 2.44. The van der Waals surface area contributed by atoms with Crippen LogP contribution in [0.15, 0.2) is 59.7 Å². The first kappa shape index (κ1) is 16.1.